The largest absolute Gasteiger partial charge is 0.330 e. The highest BCUT2D eigenvalue weighted by atomic mass is 14.5. The fourth-order valence-corrected chi connectivity index (χ4v) is 1.58. The SMILES string of the molecule is CC1=CC(CCCCN)=CCC1. The minimum atomic E-state index is 0.829. The van der Waals surface area contributed by atoms with Crippen molar-refractivity contribution >= 4 is 0 Å². The smallest absolute Gasteiger partial charge is 0.00772 e. The summed E-state index contributed by atoms with van der Waals surface area (Å²) in [6.07, 6.45) is 10.8. The van der Waals surface area contributed by atoms with E-state index in [0.29, 0.717) is 0 Å². The topological polar surface area (TPSA) is 26.0 Å². The first-order valence-electron chi connectivity index (χ1n) is 4.89. The van der Waals surface area contributed by atoms with Crippen LogP contribution < -0.4 is 5.73 Å². The van der Waals surface area contributed by atoms with Crippen LogP contribution in [0.1, 0.15) is 39.0 Å². The molecule has 0 aromatic rings. The molecule has 2 N–H and O–H groups in total. The summed E-state index contributed by atoms with van der Waals surface area (Å²) in [6.45, 7) is 3.05. The molecule has 0 heterocycles. The van der Waals surface area contributed by atoms with Crippen LogP contribution in [0.3, 0.4) is 0 Å². The third-order valence-electron chi connectivity index (χ3n) is 2.30. The summed E-state index contributed by atoms with van der Waals surface area (Å²) < 4.78 is 0. The summed E-state index contributed by atoms with van der Waals surface area (Å²) in [5.41, 5.74) is 8.49. The van der Waals surface area contributed by atoms with Gasteiger partial charge in [-0.15, -0.1) is 0 Å². The van der Waals surface area contributed by atoms with Gasteiger partial charge in [-0.05, 0) is 45.6 Å². The van der Waals surface area contributed by atoms with Gasteiger partial charge in [0.25, 0.3) is 0 Å². The summed E-state index contributed by atoms with van der Waals surface area (Å²) in [5.74, 6) is 0. The number of hydrogen-bond acceptors (Lipinski definition) is 1. The molecule has 0 atom stereocenters. The van der Waals surface area contributed by atoms with Crippen molar-refractivity contribution in [3.05, 3.63) is 23.3 Å². The minimum absolute atomic E-state index is 0.829. The number of hydrogen-bond donors (Lipinski definition) is 1. The summed E-state index contributed by atoms with van der Waals surface area (Å²) in [6, 6.07) is 0. The third kappa shape index (κ3) is 3.22. The van der Waals surface area contributed by atoms with Crippen molar-refractivity contribution in [3.63, 3.8) is 0 Å². The Morgan fingerprint density at radius 3 is 2.92 bits per heavy atom. The molecular weight excluding hydrogens is 146 g/mol. The van der Waals surface area contributed by atoms with Gasteiger partial charge in [-0.3, -0.25) is 0 Å². The summed E-state index contributed by atoms with van der Waals surface area (Å²) in [5, 5.41) is 0. The van der Waals surface area contributed by atoms with Crippen LogP contribution in [0, 0.1) is 0 Å². The Kier molecular flexibility index (Phi) is 4.09. The lowest BCUT2D eigenvalue weighted by molar-refractivity contribution is 0.739. The van der Waals surface area contributed by atoms with E-state index in [9.17, 15) is 0 Å². The molecule has 0 aromatic carbocycles. The molecule has 0 radical (unpaired) electrons. The van der Waals surface area contributed by atoms with Crippen molar-refractivity contribution in [2.45, 2.75) is 39.0 Å². The molecule has 0 unspecified atom stereocenters. The second-order valence-corrected chi connectivity index (χ2v) is 3.55. The average Bonchev–Trinajstić information content (AvgIpc) is 2.05. The van der Waals surface area contributed by atoms with Crippen molar-refractivity contribution in [1.29, 1.82) is 0 Å². The maximum atomic E-state index is 5.44. The first-order valence-corrected chi connectivity index (χ1v) is 4.89. The minimum Gasteiger partial charge on any atom is -0.330 e. The molecular formula is C11H19N. The molecule has 0 saturated carbocycles. The van der Waals surface area contributed by atoms with Crippen LogP contribution in [0.2, 0.25) is 0 Å². The van der Waals surface area contributed by atoms with Crippen molar-refractivity contribution < 1.29 is 0 Å². The van der Waals surface area contributed by atoms with E-state index in [-0.39, 0.29) is 0 Å². The zero-order chi connectivity index (χ0) is 8.81. The second-order valence-electron chi connectivity index (χ2n) is 3.55. The van der Waals surface area contributed by atoms with E-state index in [1.807, 2.05) is 0 Å². The van der Waals surface area contributed by atoms with Crippen molar-refractivity contribution in [2.24, 2.45) is 5.73 Å². The first-order chi connectivity index (χ1) is 5.83. The van der Waals surface area contributed by atoms with Gasteiger partial charge >= 0.3 is 0 Å². The molecule has 1 heteroatoms. The van der Waals surface area contributed by atoms with E-state index >= 15 is 0 Å². The Labute approximate surface area is 75.3 Å². The average molecular weight is 165 g/mol. The Hall–Kier alpha value is -0.560. The lowest BCUT2D eigenvalue weighted by atomic mass is 9.97. The van der Waals surface area contributed by atoms with Gasteiger partial charge < -0.3 is 5.73 Å². The van der Waals surface area contributed by atoms with Gasteiger partial charge in [0.15, 0.2) is 0 Å². The highest BCUT2D eigenvalue weighted by molar-refractivity contribution is 5.26. The van der Waals surface area contributed by atoms with E-state index in [0.717, 1.165) is 13.0 Å². The normalized spacial score (nSPS) is 17.2. The molecule has 0 saturated heterocycles. The molecule has 0 fully saturated rings. The zero-order valence-corrected chi connectivity index (χ0v) is 7.97. The van der Waals surface area contributed by atoms with Crippen LogP contribution >= 0.6 is 0 Å². The highest BCUT2D eigenvalue weighted by Gasteiger charge is 2.00. The summed E-state index contributed by atoms with van der Waals surface area (Å²) >= 11 is 0. The van der Waals surface area contributed by atoms with Gasteiger partial charge in [-0.1, -0.05) is 23.3 Å². The fraction of sp³-hybridized carbons (Fsp3) is 0.636. The van der Waals surface area contributed by atoms with E-state index < -0.39 is 0 Å². The fourth-order valence-electron chi connectivity index (χ4n) is 1.58. The summed E-state index contributed by atoms with van der Waals surface area (Å²) in [4.78, 5) is 0. The predicted molar refractivity (Wildman–Crippen MR) is 54.0 cm³/mol. The maximum Gasteiger partial charge on any atom is -0.00772 e. The van der Waals surface area contributed by atoms with Crippen molar-refractivity contribution in [1.82, 2.24) is 0 Å². The molecule has 0 bridgehead atoms. The van der Waals surface area contributed by atoms with Crippen LogP contribution in [-0.4, -0.2) is 6.54 Å². The molecule has 12 heavy (non-hydrogen) atoms. The molecule has 0 aliphatic heterocycles. The monoisotopic (exact) mass is 165 g/mol. The summed E-state index contributed by atoms with van der Waals surface area (Å²) in [7, 11) is 0. The second kappa shape index (κ2) is 5.15. The van der Waals surface area contributed by atoms with Gasteiger partial charge in [0.2, 0.25) is 0 Å². The molecule has 68 valence electrons. The highest BCUT2D eigenvalue weighted by Crippen LogP contribution is 2.20. The lowest BCUT2D eigenvalue weighted by Crippen LogP contribution is -1.98. The van der Waals surface area contributed by atoms with Crippen LogP contribution in [0.5, 0.6) is 0 Å². The van der Waals surface area contributed by atoms with Gasteiger partial charge in [-0.25, -0.2) is 0 Å². The molecule has 1 rings (SSSR count). The van der Waals surface area contributed by atoms with E-state index in [1.165, 1.54) is 36.8 Å². The Bertz CT molecular complexity index is 189. The van der Waals surface area contributed by atoms with Gasteiger partial charge in [0, 0.05) is 0 Å². The van der Waals surface area contributed by atoms with Crippen LogP contribution in [-0.2, 0) is 0 Å². The molecule has 0 aromatic heterocycles. The van der Waals surface area contributed by atoms with Gasteiger partial charge in [-0.2, -0.15) is 0 Å². The van der Waals surface area contributed by atoms with E-state index in [1.54, 1.807) is 0 Å². The Morgan fingerprint density at radius 1 is 1.42 bits per heavy atom. The molecule has 1 aliphatic rings. The van der Waals surface area contributed by atoms with Crippen LogP contribution in [0.4, 0.5) is 0 Å². The Balaban J connectivity index is 2.27. The number of nitrogens with two attached hydrogens (primary N) is 1. The zero-order valence-electron chi connectivity index (χ0n) is 7.97. The predicted octanol–water partition coefficient (Wildman–Crippen LogP) is 2.78. The van der Waals surface area contributed by atoms with Crippen LogP contribution in [0.15, 0.2) is 23.3 Å². The number of rotatable bonds is 4. The first kappa shape index (κ1) is 9.53. The quantitative estimate of drug-likeness (QED) is 0.637. The van der Waals surface area contributed by atoms with Crippen LogP contribution in [0.25, 0.3) is 0 Å². The number of allylic oxidation sites excluding steroid dienone is 4. The Morgan fingerprint density at radius 2 is 2.25 bits per heavy atom. The molecule has 0 amide bonds. The lowest BCUT2D eigenvalue weighted by Gasteiger charge is -2.09. The molecule has 0 spiro atoms. The van der Waals surface area contributed by atoms with E-state index in [2.05, 4.69) is 19.1 Å². The number of unbranched alkanes of at least 4 members (excludes halogenated alkanes) is 1. The van der Waals surface area contributed by atoms with Crippen molar-refractivity contribution in [3.8, 4) is 0 Å². The van der Waals surface area contributed by atoms with Gasteiger partial charge in [0.05, 0.1) is 0 Å². The van der Waals surface area contributed by atoms with E-state index in [4.69, 9.17) is 5.73 Å². The maximum absolute atomic E-state index is 5.44. The standard InChI is InChI=1S/C11H19N/c1-10-5-4-7-11(9-10)6-2-3-8-12/h7,9H,2-6,8,12H2,1H3. The van der Waals surface area contributed by atoms with Gasteiger partial charge in [0.1, 0.15) is 0 Å². The van der Waals surface area contributed by atoms with Crippen molar-refractivity contribution in [2.75, 3.05) is 6.54 Å². The molecule has 1 nitrogen and oxygen atoms in total. The molecule has 1 aliphatic carbocycles. The third-order valence-corrected chi connectivity index (χ3v) is 2.30.